The van der Waals surface area contributed by atoms with Crippen LogP contribution in [0.15, 0.2) is 0 Å². The molecule has 0 aromatic carbocycles. The topological polar surface area (TPSA) is 68.2 Å². The Labute approximate surface area is 89.9 Å². The van der Waals surface area contributed by atoms with Gasteiger partial charge in [-0.25, -0.2) is 0 Å². The third kappa shape index (κ3) is 4.44. The molecule has 3 atom stereocenters. The fraction of sp³-hybridized carbons (Fsp3) is 1.00. The minimum absolute atomic E-state index is 0.250. The van der Waals surface area contributed by atoms with Gasteiger partial charge in [-0.2, -0.15) is 0 Å². The number of rotatable bonds is 5. The number of hydrogen-bond donors (Lipinski definition) is 2. The molecule has 1 aliphatic heterocycles. The second-order valence-electron chi connectivity index (χ2n) is 4.27. The second-order valence-corrected chi connectivity index (χ2v) is 4.27. The van der Waals surface area contributed by atoms with Crippen LogP contribution in [0.1, 0.15) is 26.7 Å². The molecule has 1 aliphatic rings. The van der Waals surface area contributed by atoms with Gasteiger partial charge in [0.05, 0.1) is 12.7 Å². The quantitative estimate of drug-likeness (QED) is 0.650. The first-order chi connectivity index (χ1) is 6.92. The molecule has 15 heavy (non-hydrogen) atoms. The fourth-order valence-electron chi connectivity index (χ4n) is 1.60. The summed E-state index contributed by atoms with van der Waals surface area (Å²) in [4.78, 5) is 0. The lowest BCUT2D eigenvalue weighted by atomic mass is 10.1. The standard InChI is InChI=1S/C10H20O5/c1-10(2,12)15-9-5-4-8(14-9)7(11)6-13-3/h7-9,11-12H,4-6H2,1-3H3/t7?,8?,9-/m1/s1. The zero-order chi connectivity index (χ0) is 11.5. The van der Waals surface area contributed by atoms with Crippen LogP contribution >= 0.6 is 0 Å². The summed E-state index contributed by atoms with van der Waals surface area (Å²) in [7, 11) is 1.53. The molecule has 1 rings (SSSR count). The van der Waals surface area contributed by atoms with Gasteiger partial charge in [-0.05, 0) is 20.3 Å². The van der Waals surface area contributed by atoms with Crippen molar-refractivity contribution in [1.29, 1.82) is 0 Å². The van der Waals surface area contributed by atoms with E-state index in [-0.39, 0.29) is 12.7 Å². The number of ether oxygens (including phenoxy) is 3. The van der Waals surface area contributed by atoms with Crippen molar-refractivity contribution in [2.24, 2.45) is 0 Å². The molecule has 0 aromatic heterocycles. The summed E-state index contributed by atoms with van der Waals surface area (Å²) in [6.45, 7) is 3.35. The first kappa shape index (κ1) is 12.9. The van der Waals surface area contributed by atoms with E-state index in [4.69, 9.17) is 14.2 Å². The van der Waals surface area contributed by atoms with Gasteiger partial charge in [-0.3, -0.25) is 0 Å². The molecule has 0 radical (unpaired) electrons. The number of methoxy groups -OCH3 is 1. The molecule has 5 heteroatoms. The third-order valence-electron chi connectivity index (χ3n) is 2.20. The van der Waals surface area contributed by atoms with Crippen LogP contribution < -0.4 is 0 Å². The zero-order valence-corrected chi connectivity index (χ0v) is 9.47. The van der Waals surface area contributed by atoms with Crippen LogP contribution in [-0.4, -0.2) is 48.2 Å². The Balaban J connectivity index is 2.32. The maximum absolute atomic E-state index is 9.60. The Morgan fingerprint density at radius 2 is 2.13 bits per heavy atom. The van der Waals surface area contributed by atoms with E-state index in [0.717, 1.165) is 0 Å². The van der Waals surface area contributed by atoms with E-state index in [1.54, 1.807) is 13.8 Å². The van der Waals surface area contributed by atoms with Crippen molar-refractivity contribution >= 4 is 0 Å². The van der Waals surface area contributed by atoms with E-state index >= 15 is 0 Å². The van der Waals surface area contributed by atoms with E-state index in [1.807, 2.05) is 0 Å². The maximum atomic E-state index is 9.60. The summed E-state index contributed by atoms with van der Waals surface area (Å²) >= 11 is 0. The Morgan fingerprint density at radius 1 is 1.47 bits per heavy atom. The third-order valence-corrected chi connectivity index (χ3v) is 2.20. The van der Waals surface area contributed by atoms with E-state index in [9.17, 15) is 10.2 Å². The zero-order valence-electron chi connectivity index (χ0n) is 9.47. The highest BCUT2D eigenvalue weighted by Gasteiger charge is 2.33. The molecule has 0 aliphatic carbocycles. The van der Waals surface area contributed by atoms with Gasteiger partial charge in [-0.1, -0.05) is 0 Å². The molecule has 0 spiro atoms. The molecule has 1 heterocycles. The normalized spacial score (nSPS) is 29.4. The van der Waals surface area contributed by atoms with Crippen LogP contribution in [0.3, 0.4) is 0 Å². The molecule has 0 aromatic rings. The predicted octanol–water partition coefficient (Wildman–Crippen LogP) is 0.244. The van der Waals surface area contributed by atoms with Crippen LogP contribution in [-0.2, 0) is 14.2 Å². The van der Waals surface area contributed by atoms with Crippen molar-refractivity contribution in [3.63, 3.8) is 0 Å². The van der Waals surface area contributed by atoms with Gasteiger partial charge in [-0.15, -0.1) is 0 Å². The van der Waals surface area contributed by atoms with Gasteiger partial charge in [0, 0.05) is 13.5 Å². The number of aliphatic hydroxyl groups is 2. The summed E-state index contributed by atoms with van der Waals surface area (Å²) in [5.74, 6) is -1.20. The lowest BCUT2D eigenvalue weighted by molar-refractivity contribution is -0.273. The van der Waals surface area contributed by atoms with Crippen molar-refractivity contribution in [3.8, 4) is 0 Å². The van der Waals surface area contributed by atoms with E-state index < -0.39 is 18.2 Å². The SMILES string of the molecule is COCC(O)C1CC[C@@H](OC(C)(C)O)O1. The van der Waals surface area contributed by atoms with Crippen molar-refractivity contribution in [2.45, 2.75) is 51.0 Å². The van der Waals surface area contributed by atoms with E-state index in [1.165, 1.54) is 7.11 Å². The molecule has 0 saturated carbocycles. The number of hydrogen-bond acceptors (Lipinski definition) is 5. The lowest BCUT2D eigenvalue weighted by Crippen LogP contribution is -2.34. The molecule has 2 unspecified atom stereocenters. The Morgan fingerprint density at radius 3 is 2.67 bits per heavy atom. The summed E-state index contributed by atoms with van der Waals surface area (Å²) in [5.41, 5.74) is 0. The molecule has 5 nitrogen and oxygen atoms in total. The highest BCUT2D eigenvalue weighted by Crippen LogP contribution is 2.25. The second kappa shape index (κ2) is 5.23. The largest absolute Gasteiger partial charge is 0.388 e. The first-order valence-corrected chi connectivity index (χ1v) is 5.15. The lowest BCUT2D eigenvalue weighted by Gasteiger charge is -2.24. The molecular formula is C10H20O5. The van der Waals surface area contributed by atoms with Crippen LogP contribution in [0.25, 0.3) is 0 Å². The summed E-state index contributed by atoms with van der Waals surface area (Å²) in [6, 6.07) is 0. The minimum Gasteiger partial charge on any atom is -0.388 e. The molecular weight excluding hydrogens is 200 g/mol. The maximum Gasteiger partial charge on any atom is 0.162 e. The van der Waals surface area contributed by atoms with Crippen LogP contribution in [0.4, 0.5) is 0 Å². The van der Waals surface area contributed by atoms with Gasteiger partial charge >= 0.3 is 0 Å². The minimum atomic E-state index is -1.20. The summed E-state index contributed by atoms with van der Waals surface area (Å²) < 4.78 is 15.5. The van der Waals surface area contributed by atoms with Crippen molar-refractivity contribution in [1.82, 2.24) is 0 Å². The van der Waals surface area contributed by atoms with Crippen molar-refractivity contribution in [2.75, 3.05) is 13.7 Å². The molecule has 90 valence electrons. The van der Waals surface area contributed by atoms with E-state index in [0.29, 0.717) is 12.8 Å². The monoisotopic (exact) mass is 220 g/mol. The average molecular weight is 220 g/mol. The molecule has 0 amide bonds. The summed E-state index contributed by atoms with van der Waals surface area (Å²) in [5, 5.41) is 19.0. The number of aliphatic hydroxyl groups excluding tert-OH is 1. The van der Waals surface area contributed by atoms with Gasteiger partial charge in [0.25, 0.3) is 0 Å². The first-order valence-electron chi connectivity index (χ1n) is 5.15. The fourth-order valence-corrected chi connectivity index (χ4v) is 1.60. The van der Waals surface area contributed by atoms with Crippen molar-refractivity contribution < 1.29 is 24.4 Å². The average Bonchev–Trinajstić information content (AvgIpc) is 2.50. The predicted molar refractivity (Wildman–Crippen MR) is 53.2 cm³/mol. The smallest absolute Gasteiger partial charge is 0.162 e. The van der Waals surface area contributed by atoms with Crippen LogP contribution in [0, 0.1) is 0 Å². The van der Waals surface area contributed by atoms with E-state index in [2.05, 4.69) is 0 Å². The highest BCUT2D eigenvalue weighted by atomic mass is 16.7. The Hall–Kier alpha value is -0.200. The van der Waals surface area contributed by atoms with Gasteiger partial charge in [0.15, 0.2) is 12.1 Å². The van der Waals surface area contributed by atoms with Gasteiger partial charge in [0.2, 0.25) is 0 Å². The molecule has 0 bridgehead atoms. The summed E-state index contributed by atoms with van der Waals surface area (Å²) in [6.07, 6.45) is 0.0463. The molecule has 1 fully saturated rings. The van der Waals surface area contributed by atoms with Gasteiger partial charge in [0.1, 0.15) is 6.10 Å². The highest BCUT2D eigenvalue weighted by molar-refractivity contribution is 4.76. The Kier molecular flexibility index (Phi) is 4.48. The van der Waals surface area contributed by atoms with Gasteiger partial charge < -0.3 is 24.4 Å². The molecule has 2 N–H and O–H groups in total. The molecule has 1 saturated heterocycles. The Bertz CT molecular complexity index is 189. The van der Waals surface area contributed by atoms with Crippen molar-refractivity contribution in [3.05, 3.63) is 0 Å². The van der Waals surface area contributed by atoms with Crippen LogP contribution in [0.5, 0.6) is 0 Å². The van der Waals surface area contributed by atoms with Crippen LogP contribution in [0.2, 0.25) is 0 Å².